The second-order valence-corrected chi connectivity index (χ2v) is 4.68. The molecule has 1 aromatic rings. The van der Waals surface area contributed by atoms with E-state index in [0.29, 0.717) is 12.8 Å². The number of aliphatic carboxylic acids is 1. The van der Waals surface area contributed by atoms with Crippen molar-refractivity contribution in [2.45, 2.75) is 33.1 Å². The third-order valence-electron chi connectivity index (χ3n) is 3.54. The van der Waals surface area contributed by atoms with Crippen molar-refractivity contribution in [2.24, 2.45) is 5.41 Å². The molecule has 0 atom stereocenters. The summed E-state index contributed by atoms with van der Waals surface area (Å²) >= 11 is 0. The highest BCUT2D eigenvalue weighted by Gasteiger charge is 2.37. The minimum atomic E-state index is -1.11. The Morgan fingerprint density at radius 1 is 1.30 bits per heavy atom. The second-order valence-electron chi connectivity index (χ2n) is 4.68. The predicted octanol–water partition coefficient (Wildman–Crippen LogP) is 2.75. The molecule has 1 aromatic carbocycles. The van der Waals surface area contributed by atoms with Crippen molar-refractivity contribution in [3.63, 3.8) is 0 Å². The number of rotatable bonds is 6. The zero-order chi connectivity index (χ0) is 15.3. The van der Waals surface area contributed by atoms with Gasteiger partial charge in [-0.05, 0) is 25.0 Å². The van der Waals surface area contributed by atoms with Crippen LogP contribution in [0.2, 0.25) is 0 Å². The number of carboxylic acid groups (broad SMARTS) is 1. The van der Waals surface area contributed by atoms with Crippen LogP contribution in [0, 0.1) is 11.2 Å². The van der Waals surface area contributed by atoms with Crippen molar-refractivity contribution in [3.05, 3.63) is 24.0 Å². The lowest BCUT2D eigenvalue weighted by molar-refractivity contribution is -0.151. The third-order valence-corrected chi connectivity index (χ3v) is 3.54. The van der Waals surface area contributed by atoms with Gasteiger partial charge in [-0.1, -0.05) is 13.8 Å². The first-order valence-corrected chi connectivity index (χ1v) is 6.36. The van der Waals surface area contributed by atoms with Gasteiger partial charge in [0.25, 0.3) is 0 Å². The number of amides is 1. The molecule has 110 valence electrons. The maximum Gasteiger partial charge on any atom is 0.310 e. The van der Waals surface area contributed by atoms with E-state index in [1.54, 1.807) is 13.8 Å². The average molecular weight is 283 g/mol. The zero-order valence-corrected chi connectivity index (χ0v) is 11.4. The number of carboxylic acids is 1. The maximum atomic E-state index is 13.1. The molecule has 0 aromatic heterocycles. The number of carbonyl (C=O) groups excluding carboxylic acids is 1. The number of phenolic OH excluding ortho intramolecular Hbond substituents is 1. The molecule has 0 aliphatic carbocycles. The molecule has 20 heavy (non-hydrogen) atoms. The Balaban J connectivity index is 2.80. The van der Waals surface area contributed by atoms with E-state index in [1.807, 2.05) is 0 Å². The first-order valence-electron chi connectivity index (χ1n) is 6.36. The summed E-state index contributed by atoms with van der Waals surface area (Å²) in [5.41, 5.74) is -0.934. The number of hydrogen-bond acceptors (Lipinski definition) is 3. The molecule has 0 spiro atoms. The lowest BCUT2D eigenvalue weighted by Crippen LogP contribution is -2.34. The lowest BCUT2D eigenvalue weighted by Gasteiger charge is -2.25. The number of benzene rings is 1. The summed E-state index contributed by atoms with van der Waals surface area (Å²) in [5, 5.41) is 20.7. The van der Waals surface area contributed by atoms with Crippen LogP contribution >= 0.6 is 0 Å². The normalized spacial score (nSPS) is 11.2. The van der Waals surface area contributed by atoms with E-state index in [-0.39, 0.29) is 12.1 Å². The van der Waals surface area contributed by atoms with Crippen molar-refractivity contribution in [3.8, 4) is 5.75 Å². The molecular formula is C14H18FNO4. The molecule has 1 rings (SSSR count). The summed E-state index contributed by atoms with van der Waals surface area (Å²) in [6.45, 7) is 3.43. The van der Waals surface area contributed by atoms with Crippen LogP contribution in [0.3, 0.4) is 0 Å². The van der Waals surface area contributed by atoms with Crippen molar-refractivity contribution in [1.29, 1.82) is 0 Å². The van der Waals surface area contributed by atoms with Gasteiger partial charge in [-0.3, -0.25) is 9.59 Å². The second kappa shape index (κ2) is 6.36. The fourth-order valence-electron chi connectivity index (χ4n) is 1.98. The van der Waals surface area contributed by atoms with Crippen molar-refractivity contribution in [2.75, 3.05) is 5.32 Å². The lowest BCUT2D eigenvalue weighted by atomic mass is 9.79. The minimum absolute atomic E-state index is 0.178. The Bertz CT molecular complexity index is 512. The topological polar surface area (TPSA) is 86.6 Å². The minimum Gasteiger partial charge on any atom is -0.505 e. The molecule has 0 unspecified atom stereocenters. The highest BCUT2D eigenvalue weighted by molar-refractivity contribution is 5.94. The number of hydrogen-bond donors (Lipinski definition) is 3. The molecule has 6 heteroatoms. The summed E-state index contributed by atoms with van der Waals surface area (Å²) in [5.74, 6) is -2.88. The summed E-state index contributed by atoms with van der Waals surface area (Å²) < 4.78 is 13.1. The molecule has 3 N–H and O–H groups in total. The standard InChI is InChI=1S/C14H18FNO4/c1-3-14(4-2,13(19)20)8-12(18)16-9-5-6-11(17)10(15)7-9/h5-7,17H,3-4,8H2,1-2H3,(H,16,18)(H,19,20). The van der Waals surface area contributed by atoms with Crippen LogP contribution in [-0.4, -0.2) is 22.1 Å². The summed E-state index contributed by atoms with van der Waals surface area (Å²) in [7, 11) is 0. The Morgan fingerprint density at radius 3 is 2.35 bits per heavy atom. The number of halogens is 1. The SMILES string of the molecule is CCC(CC)(CC(=O)Nc1ccc(O)c(F)c1)C(=O)O. The van der Waals surface area contributed by atoms with Crippen LogP contribution in [0.4, 0.5) is 10.1 Å². The van der Waals surface area contributed by atoms with Crippen LogP contribution in [0.15, 0.2) is 18.2 Å². The number of carbonyl (C=O) groups is 2. The number of aromatic hydroxyl groups is 1. The smallest absolute Gasteiger partial charge is 0.310 e. The Morgan fingerprint density at radius 2 is 1.90 bits per heavy atom. The first kappa shape index (κ1) is 15.9. The molecule has 0 heterocycles. The molecule has 1 amide bonds. The van der Waals surface area contributed by atoms with Gasteiger partial charge < -0.3 is 15.5 Å². The molecule has 0 fully saturated rings. The molecule has 0 saturated carbocycles. The fraction of sp³-hybridized carbons (Fsp3) is 0.429. The molecular weight excluding hydrogens is 265 g/mol. The molecule has 5 nitrogen and oxygen atoms in total. The van der Waals surface area contributed by atoms with E-state index in [1.165, 1.54) is 6.07 Å². The van der Waals surface area contributed by atoms with E-state index in [9.17, 15) is 19.1 Å². The number of anilines is 1. The van der Waals surface area contributed by atoms with Gasteiger partial charge in [0.15, 0.2) is 11.6 Å². The van der Waals surface area contributed by atoms with Crippen LogP contribution in [0.25, 0.3) is 0 Å². The van der Waals surface area contributed by atoms with Gasteiger partial charge in [0, 0.05) is 18.2 Å². The number of nitrogens with one attached hydrogen (secondary N) is 1. The van der Waals surface area contributed by atoms with Crippen molar-refractivity contribution >= 4 is 17.6 Å². The molecule has 0 aliphatic rings. The largest absolute Gasteiger partial charge is 0.505 e. The zero-order valence-electron chi connectivity index (χ0n) is 11.4. The highest BCUT2D eigenvalue weighted by atomic mass is 19.1. The van der Waals surface area contributed by atoms with Crippen LogP contribution in [0.1, 0.15) is 33.1 Å². The molecule has 0 aliphatic heterocycles. The monoisotopic (exact) mass is 283 g/mol. The van der Waals surface area contributed by atoms with Gasteiger partial charge >= 0.3 is 5.97 Å². The van der Waals surface area contributed by atoms with E-state index < -0.39 is 28.9 Å². The summed E-state index contributed by atoms with van der Waals surface area (Å²) in [4.78, 5) is 23.2. The Hall–Kier alpha value is -2.11. The van der Waals surface area contributed by atoms with Gasteiger partial charge in [-0.15, -0.1) is 0 Å². The van der Waals surface area contributed by atoms with E-state index in [4.69, 9.17) is 5.11 Å². The molecule has 0 bridgehead atoms. The quantitative estimate of drug-likeness (QED) is 0.701. The van der Waals surface area contributed by atoms with Crippen molar-refractivity contribution < 1.29 is 24.2 Å². The molecule has 0 saturated heterocycles. The van der Waals surface area contributed by atoms with E-state index >= 15 is 0 Å². The Kier molecular flexibility index (Phi) is 5.07. The third kappa shape index (κ3) is 3.46. The van der Waals surface area contributed by atoms with Gasteiger partial charge in [0.2, 0.25) is 5.91 Å². The number of phenols is 1. The highest BCUT2D eigenvalue weighted by Crippen LogP contribution is 2.31. The fourth-order valence-corrected chi connectivity index (χ4v) is 1.98. The maximum absolute atomic E-state index is 13.1. The summed E-state index contributed by atoms with van der Waals surface area (Å²) in [6, 6.07) is 3.44. The van der Waals surface area contributed by atoms with E-state index in [2.05, 4.69) is 5.32 Å². The van der Waals surface area contributed by atoms with Gasteiger partial charge in [-0.2, -0.15) is 0 Å². The van der Waals surface area contributed by atoms with Gasteiger partial charge in [0.05, 0.1) is 5.41 Å². The summed E-state index contributed by atoms with van der Waals surface area (Å²) in [6.07, 6.45) is 0.476. The first-order chi connectivity index (χ1) is 9.34. The molecule has 0 radical (unpaired) electrons. The average Bonchev–Trinajstić information content (AvgIpc) is 2.40. The van der Waals surface area contributed by atoms with Gasteiger partial charge in [0.1, 0.15) is 0 Å². The predicted molar refractivity (Wildman–Crippen MR) is 72.0 cm³/mol. The van der Waals surface area contributed by atoms with Crippen LogP contribution < -0.4 is 5.32 Å². The van der Waals surface area contributed by atoms with Crippen molar-refractivity contribution in [1.82, 2.24) is 0 Å². The van der Waals surface area contributed by atoms with E-state index in [0.717, 1.165) is 12.1 Å². The van der Waals surface area contributed by atoms with Crippen LogP contribution in [0.5, 0.6) is 5.75 Å². The van der Waals surface area contributed by atoms with Gasteiger partial charge in [-0.25, -0.2) is 4.39 Å². The van der Waals surface area contributed by atoms with Crippen LogP contribution in [-0.2, 0) is 9.59 Å². The Labute approximate surface area is 116 Å².